The Hall–Kier alpha value is -1.39. The van der Waals surface area contributed by atoms with Gasteiger partial charge in [0.15, 0.2) is 5.82 Å². The van der Waals surface area contributed by atoms with Crippen LogP contribution in [0.25, 0.3) is 16.7 Å². The molecule has 0 aliphatic rings. The fourth-order valence-electron chi connectivity index (χ4n) is 2.71. The molecule has 0 N–H and O–H groups in total. The molecule has 21 heavy (non-hydrogen) atoms. The van der Waals surface area contributed by atoms with Crippen LogP contribution in [0.3, 0.4) is 0 Å². The molecule has 0 atom stereocenters. The zero-order chi connectivity index (χ0) is 15.1. The largest absolute Gasteiger partial charge is 0.295 e. The summed E-state index contributed by atoms with van der Waals surface area (Å²) in [5.41, 5.74) is 4.25. The lowest BCUT2D eigenvalue weighted by molar-refractivity contribution is 0.637. The maximum atomic E-state index is 14.0. The molecule has 0 aliphatic heterocycles. The fourth-order valence-corrected chi connectivity index (χ4v) is 3.57. The van der Waals surface area contributed by atoms with Gasteiger partial charge in [0.05, 0.1) is 17.1 Å². The maximum absolute atomic E-state index is 14.0. The molecular formula is C16H13BrClFN2. The van der Waals surface area contributed by atoms with Crippen LogP contribution in [0.15, 0.2) is 34.8 Å². The van der Waals surface area contributed by atoms with Crippen molar-refractivity contribution >= 4 is 38.6 Å². The molecule has 0 fully saturated rings. The summed E-state index contributed by atoms with van der Waals surface area (Å²) in [6, 6.07) is 9.04. The van der Waals surface area contributed by atoms with Gasteiger partial charge in [-0.25, -0.2) is 9.37 Å². The zero-order valence-electron chi connectivity index (χ0n) is 11.6. The van der Waals surface area contributed by atoms with Gasteiger partial charge in [-0.1, -0.05) is 22.0 Å². The van der Waals surface area contributed by atoms with Crippen molar-refractivity contribution in [3.05, 3.63) is 57.6 Å². The van der Waals surface area contributed by atoms with Crippen LogP contribution in [0.2, 0.25) is 0 Å². The first-order chi connectivity index (χ1) is 10.0. The minimum Gasteiger partial charge on any atom is -0.295 e. The molecule has 0 amide bonds. The number of fused-ring (bicyclic) bond motifs is 1. The number of hydrogen-bond acceptors (Lipinski definition) is 1. The zero-order valence-corrected chi connectivity index (χ0v) is 14.0. The number of para-hydroxylation sites is 1. The third kappa shape index (κ3) is 2.36. The normalized spacial score (nSPS) is 11.3. The number of hydrogen-bond donors (Lipinski definition) is 0. The van der Waals surface area contributed by atoms with Gasteiger partial charge < -0.3 is 0 Å². The van der Waals surface area contributed by atoms with Crippen LogP contribution in [0.5, 0.6) is 0 Å². The van der Waals surface area contributed by atoms with Gasteiger partial charge in [-0.2, -0.15) is 0 Å². The van der Waals surface area contributed by atoms with Crippen molar-refractivity contribution in [2.45, 2.75) is 19.7 Å². The molecular weight excluding hydrogens is 355 g/mol. The minimum atomic E-state index is -0.329. The standard InChI is InChI=1S/C16H13BrClFN2/c1-9-6-11(17)7-10(2)16(9)21-13-5-3-4-12(19)15(13)20-14(21)8-18/h3-7H,8H2,1-2H3. The second-order valence-electron chi connectivity index (χ2n) is 4.99. The second-order valence-corrected chi connectivity index (χ2v) is 6.18. The van der Waals surface area contributed by atoms with Crippen molar-refractivity contribution in [1.82, 2.24) is 9.55 Å². The molecule has 1 aromatic heterocycles. The molecule has 0 radical (unpaired) electrons. The van der Waals surface area contributed by atoms with E-state index < -0.39 is 0 Å². The maximum Gasteiger partial charge on any atom is 0.151 e. The topological polar surface area (TPSA) is 17.8 Å². The highest BCUT2D eigenvalue weighted by atomic mass is 79.9. The van der Waals surface area contributed by atoms with E-state index in [2.05, 4.69) is 20.9 Å². The van der Waals surface area contributed by atoms with Crippen molar-refractivity contribution in [3.63, 3.8) is 0 Å². The van der Waals surface area contributed by atoms with E-state index in [1.807, 2.05) is 36.6 Å². The number of aromatic nitrogens is 2. The molecule has 3 aromatic rings. The first kappa shape index (κ1) is 14.5. The second kappa shape index (κ2) is 5.43. The molecule has 2 nitrogen and oxygen atoms in total. The molecule has 5 heteroatoms. The predicted octanol–water partition coefficient (Wildman–Crippen LogP) is 5.28. The van der Waals surface area contributed by atoms with E-state index in [1.54, 1.807) is 6.07 Å². The van der Waals surface area contributed by atoms with Crippen LogP contribution in [-0.4, -0.2) is 9.55 Å². The van der Waals surface area contributed by atoms with Gasteiger partial charge in [0, 0.05) is 4.47 Å². The Morgan fingerprint density at radius 2 is 1.90 bits per heavy atom. The van der Waals surface area contributed by atoms with E-state index in [4.69, 9.17) is 11.6 Å². The number of rotatable bonds is 2. The predicted molar refractivity (Wildman–Crippen MR) is 87.8 cm³/mol. The molecule has 1 heterocycles. The van der Waals surface area contributed by atoms with E-state index >= 15 is 0 Å². The average molecular weight is 368 g/mol. The van der Waals surface area contributed by atoms with Gasteiger partial charge in [-0.15, -0.1) is 11.6 Å². The number of aryl methyl sites for hydroxylation is 2. The molecule has 0 aliphatic carbocycles. The summed E-state index contributed by atoms with van der Waals surface area (Å²) in [7, 11) is 0. The van der Waals surface area contributed by atoms with Gasteiger partial charge in [0.2, 0.25) is 0 Å². The Balaban J connectivity index is 2.42. The molecule has 0 bridgehead atoms. The van der Waals surface area contributed by atoms with Gasteiger partial charge in [0.1, 0.15) is 11.3 Å². The Morgan fingerprint density at radius 1 is 1.24 bits per heavy atom. The summed E-state index contributed by atoms with van der Waals surface area (Å²) in [5.74, 6) is 0.540. The first-order valence-corrected chi connectivity index (χ1v) is 7.84. The van der Waals surface area contributed by atoms with Crippen molar-refractivity contribution in [1.29, 1.82) is 0 Å². The van der Waals surface area contributed by atoms with Crippen LogP contribution in [0.4, 0.5) is 4.39 Å². The number of halogens is 3. The Kier molecular flexibility index (Phi) is 3.76. The van der Waals surface area contributed by atoms with Crippen LogP contribution in [0.1, 0.15) is 17.0 Å². The van der Waals surface area contributed by atoms with Gasteiger partial charge >= 0.3 is 0 Å². The summed E-state index contributed by atoms with van der Waals surface area (Å²) in [5, 5.41) is 0. The van der Waals surface area contributed by atoms with Crippen LogP contribution >= 0.6 is 27.5 Å². The third-order valence-corrected chi connectivity index (χ3v) is 4.20. The fraction of sp³-hybridized carbons (Fsp3) is 0.188. The molecule has 3 rings (SSSR count). The SMILES string of the molecule is Cc1cc(Br)cc(C)c1-n1c(CCl)nc2c(F)cccc21. The van der Waals surface area contributed by atoms with Crippen molar-refractivity contribution in [3.8, 4) is 5.69 Å². The number of benzene rings is 2. The van der Waals surface area contributed by atoms with E-state index in [1.165, 1.54) is 6.07 Å². The minimum absolute atomic E-state index is 0.225. The first-order valence-electron chi connectivity index (χ1n) is 6.52. The van der Waals surface area contributed by atoms with Gasteiger partial charge in [-0.05, 0) is 49.2 Å². The lowest BCUT2D eigenvalue weighted by Gasteiger charge is -2.15. The van der Waals surface area contributed by atoms with E-state index in [0.29, 0.717) is 11.3 Å². The third-order valence-electron chi connectivity index (χ3n) is 3.50. The van der Waals surface area contributed by atoms with E-state index in [-0.39, 0.29) is 11.7 Å². The number of imidazole rings is 1. The van der Waals surface area contributed by atoms with Crippen LogP contribution in [0, 0.1) is 19.7 Å². The van der Waals surface area contributed by atoms with E-state index in [9.17, 15) is 4.39 Å². The number of alkyl halides is 1. The molecule has 0 spiro atoms. The summed E-state index contributed by atoms with van der Waals surface area (Å²) in [4.78, 5) is 4.36. The smallest absolute Gasteiger partial charge is 0.151 e. The summed E-state index contributed by atoms with van der Waals surface area (Å²) in [6.07, 6.45) is 0. The average Bonchev–Trinajstić information content (AvgIpc) is 2.78. The summed E-state index contributed by atoms with van der Waals surface area (Å²) < 4.78 is 16.9. The van der Waals surface area contributed by atoms with Crippen LogP contribution < -0.4 is 0 Å². The van der Waals surface area contributed by atoms with Crippen molar-refractivity contribution < 1.29 is 4.39 Å². The Labute approximate surface area is 135 Å². The van der Waals surface area contributed by atoms with Crippen molar-refractivity contribution in [2.24, 2.45) is 0 Å². The molecule has 0 saturated carbocycles. The van der Waals surface area contributed by atoms with Gasteiger partial charge in [0.25, 0.3) is 0 Å². The lowest BCUT2D eigenvalue weighted by atomic mass is 10.1. The monoisotopic (exact) mass is 366 g/mol. The summed E-state index contributed by atoms with van der Waals surface area (Å²) >= 11 is 9.52. The molecule has 0 saturated heterocycles. The lowest BCUT2D eigenvalue weighted by Crippen LogP contribution is -2.04. The van der Waals surface area contributed by atoms with Crippen molar-refractivity contribution in [2.75, 3.05) is 0 Å². The van der Waals surface area contributed by atoms with Crippen LogP contribution in [-0.2, 0) is 5.88 Å². The highest BCUT2D eigenvalue weighted by Gasteiger charge is 2.17. The molecule has 108 valence electrons. The quantitative estimate of drug-likeness (QED) is 0.563. The highest BCUT2D eigenvalue weighted by Crippen LogP contribution is 2.30. The Morgan fingerprint density at radius 3 is 2.52 bits per heavy atom. The number of nitrogens with zero attached hydrogens (tertiary/aromatic N) is 2. The Bertz CT molecular complexity index is 819. The molecule has 0 unspecified atom stereocenters. The van der Waals surface area contributed by atoms with Gasteiger partial charge in [-0.3, -0.25) is 4.57 Å². The molecule has 2 aromatic carbocycles. The highest BCUT2D eigenvalue weighted by molar-refractivity contribution is 9.10. The summed E-state index contributed by atoms with van der Waals surface area (Å²) in [6.45, 7) is 4.05. The van der Waals surface area contributed by atoms with E-state index in [0.717, 1.165) is 26.8 Å².